The third-order valence-electron chi connectivity index (χ3n) is 11.6. The highest BCUT2D eigenvalue weighted by atomic mass is 35.5. The van der Waals surface area contributed by atoms with Crippen molar-refractivity contribution in [2.45, 2.75) is 97.1 Å². The fourth-order valence-corrected chi connectivity index (χ4v) is 8.88. The molecule has 2 saturated heterocycles. The van der Waals surface area contributed by atoms with E-state index in [1.165, 1.54) is 18.3 Å². The lowest BCUT2D eigenvalue weighted by atomic mass is 9.91. The molecule has 2 N–H and O–H groups in total. The summed E-state index contributed by atoms with van der Waals surface area (Å²) in [6, 6.07) is 9.34. The van der Waals surface area contributed by atoms with E-state index in [4.69, 9.17) is 59.8 Å². The Hall–Kier alpha value is -5.24. The largest absolute Gasteiger partial charge is 0.490 e. The monoisotopic (exact) mass is 966 g/mol. The van der Waals surface area contributed by atoms with Crippen molar-refractivity contribution >= 4 is 74.9 Å². The first-order valence-electron chi connectivity index (χ1n) is 20.7. The number of aliphatic carboxylic acids is 2. The van der Waals surface area contributed by atoms with Crippen LogP contribution in [0.3, 0.4) is 0 Å². The Morgan fingerprint density at radius 1 is 0.815 bits per heavy atom. The van der Waals surface area contributed by atoms with Crippen molar-refractivity contribution in [1.82, 2.24) is 44.4 Å². The summed E-state index contributed by atoms with van der Waals surface area (Å²) in [6.45, 7) is 12.5. The van der Waals surface area contributed by atoms with Gasteiger partial charge in [0.1, 0.15) is 33.6 Å². The van der Waals surface area contributed by atoms with Crippen LogP contribution in [-0.4, -0.2) is 104 Å². The number of carbonyl (C=O) groups is 2. The maximum Gasteiger partial charge on any atom is 0.490 e. The Balaban J connectivity index is 0.000000209. The number of likely N-dealkylation sites (tertiary alicyclic amines) is 1. The number of aromatic nitrogens is 8. The normalized spacial score (nSPS) is 18.8. The van der Waals surface area contributed by atoms with E-state index < -0.39 is 18.1 Å². The van der Waals surface area contributed by atoms with Gasteiger partial charge in [-0.1, -0.05) is 53.9 Å². The molecule has 14 nitrogen and oxygen atoms in total. The average Bonchev–Trinajstić information content (AvgIpc) is 3.94. The zero-order chi connectivity index (χ0) is 47.5. The molecule has 5 atom stereocenters. The van der Waals surface area contributed by atoms with Gasteiger partial charge in [-0.15, -0.1) is 0 Å². The average molecular weight is 968 g/mol. The molecular weight excluding hydrogens is 922 g/mol. The molecule has 6 heterocycles. The number of carboxylic acid groups (broad SMARTS) is 2. The van der Waals surface area contributed by atoms with Gasteiger partial charge < -0.3 is 15.1 Å². The molecule has 2 aliphatic rings. The highest BCUT2D eigenvalue weighted by Gasteiger charge is 2.39. The molecule has 0 radical (unpaired) electrons. The van der Waals surface area contributed by atoms with Gasteiger partial charge in [0.2, 0.25) is 0 Å². The van der Waals surface area contributed by atoms with Crippen molar-refractivity contribution in [1.29, 1.82) is 0 Å². The van der Waals surface area contributed by atoms with Crippen molar-refractivity contribution in [2.75, 3.05) is 24.5 Å². The summed E-state index contributed by atoms with van der Waals surface area (Å²) in [5.41, 5.74) is 4.98. The van der Waals surface area contributed by atoms with Gasteiger partial charge in [-0.2, -0.15) is 23.4 Å². The number of fused-ring (bicyclic) bond motifs is 2. The van der Waals surface area contributed by atoms with Crippen LogP contribution in [0.2, 0.25) is 15.2 Å². The van der Waals surface area contributed by atoms with Gasteiger partial charge >= 0.3 is 18.1 Å². The Labute approximate surface area is 385 Å². The van der Waals surface area contributed by atoms with E-state index in [1.807, 2.05) is 33.9 Å². The van der Waals surface area contributed by atoms with Crippen LogP contribution in [0.1, 0.15) is 87.5 Å². The summed E-state index contributed by atoms with van der Waals surface area (Å²) >= 11 is 17.6. The van der Waals surface area contributed by atoms with E-state index in [1.54, 1.807) is 33.6 Å². The first kappa shape index (κ1) is 49.2. The molecule has 2 aromatic carbocycles. The van der Waals surface area contributed by atoms with Crippen LogP contribution in [0.4, 0.5) is 27.8 Å². The van der Waals surface area contributed by atoms with Gasteiger partial charge in [-0.3, -0.25) is 9.69 Å². The van der Waals surface area contributed by atoms with Crippen molar-refractivity contribution in [3.63, 3.8) is 0 Å². The summed E-state index contributed by atoms with van der Waals surface area (Å²) in [5, 5.41) is 26.3. The summed E-state index contributed by atoms with van der Waals surface area (Å²) < 4.78 is 63.9. The van der Waals surface area contributed by atoms with E-state index in [2.05, 4.69) is 36.9 Å². The van der Waals surface area contributed by atoms with Gasteiger partial charge in [0.15, 0.2) is 11.3 Å². The highest BCUT2D eigenvalue weighted by molar-refractivity contribution is 6.31. The maximum atomic E-state index is 14.7. The first-order chi connectivity index (χ1) is 30.6. The number of alkyl halides is 3. The molecule has 0 aliphatic carbocycles. The fourth-order valence-electron chi connectivity index (χ4n) is 8.44. The lowest BCUT2D eigenvalue weighted by Crippen LogP contribution is -2.52. The Morgan fingerprint density at radius 2 is 1.34 bits per heavy atom. The van der Waals surface area contributed by atoms with Crippen LogP contribution in [0.15, 0.2) is 48.8 Å². The van der Waals surface area contributed by atoms with Crippen molar-refractivity contribution < 1.29 is 41.8 Å². The first-order valence-corrected chi connectivity index (χ1v) is 21.8. The minimum atomic E-state index is -5.08. The Kier molecular flexibility index (Phi) is 15.5. The van der Waals surface area contributed by atoms with Gasteiger partial charge in [0.05, 0.1) is 35.9 Å². The predicted molar refractivity (Wildman–Crippen MR) is 236 cm³/mol. The molecule has 8 rings (SSSR count). The van der Waals surface area contributed by atoms with Crippen LogP contribution < -0.4 is 4.90 Å². The number of halogens is 8. The zero-order valence-corrected chi connectivity index (χ0v) is 38.1. The molecule has 2 fully saturated rings. The third kappa shape index (κ3) is 11.4. The second-order valence-electron chi connectivity index (χ2n) is 16.1. The van der Waals surface area contributed by atoms with E-state index >= 15 is 0 Å². The van der Waals surface area contributed by atoms with Crippen LogP contribution in [0.5, 0.6) is 0 Å². The van der Waals surface area contributed by atoms with Crippen LogP contribution in [-0.2, 0) is 9.59 Å². The molecule has 0 amide bonds. The number of benzene rings is 2. The number of nitrogens with zero attached hydrogens (tertiary/aromatic N) is 10. The Bertz CT molecular complexity index is 2680. The zero-order valence-electron chi connectivity index (χ0n) is 35.9. The van der Waals surface area contributed by atoms with Crippen molar-refractivity contribution in [2.24, 2.45) is 5.92 Å². The van der Waals surface area contributed by atoms with Crippen LogP contribution >= 0.6 is 34.8 Å². The van der Waals surface area contributed by atoms with Gasteiger partial charge in [-0.05, 0) is 90.1 Å². The number of anilines is 1. The standard InChI is InChI=1S/C27H34ClFN6O2.C14H11Cl2FN4.C2HF3O2/c1-16-15-33(12-10-23(16)34-11-4-5-20(34)7-9-25(36)37)24-14-30-26-17(2)32-35(27(26)31-24)18(3)21-8-6-19(28)13-22(21)29;1-7-13-14(19-12(16)6-18-13)21(20-7)8(2)10-4-3-9(15)5-11(10)17;3-2(4,5)1(6)7/h6,8,13-14,16,18,20,23H,4-5,7,9-12,15H2,1-3H3,(H,36,37);3-6,8H,1-2H3;(H,6,7)/t16-,18-,20+,23+;8-;/m11./s1. The smallest absolute Gasteiger partial charge is 0.481 e. The van der Waals surface area contributed by atoms with Crippen molar-refractivity contribution in [3.05, 3.63) is 98.1 Å². The molecule has 4 aromatic heterocycles. The van der Waals surface area contributed by atoms with Crippen LogP contribution in [0, 0.1) is 31.4 Å². The lowest BCUT2D eigenvalue weighted by molar-refractivity contribution is -0.192. The topological polar surface area (TPSA) is 168 Å². The summed E-state index contributed by atoms with van der Waals surface area (Å²) in [6.07, 6.45) is 2.36. The molecule has 0 unspecified atom stereocenters. The molecule has 65 heavy (non-hydrogen) atoms. The van der Waals surface area contributed by atoms with Gasteiger partial charge in [0.25, 0.3) is 0 Å². The lowest BCUT2D eigenvalue weighted by Gasteiger charge is -2.43. The van der Waals surface area contributed by atoms with E-state index in [0.717, 1.165) is 62.5 Å². The number of carboxylic acids is 2. The second kappa shape index (κ2) is 20.5. The molecule has 0 spiro atoms. The number of piperidine rings is 1. The number of hydrogen-bond acceptors (Lipinski definition) is 10. The van der Waals surface area contributed by atoms with E-state index in [0.29, 0.717) is 61.5 Å². The molecule has 0 bridgehead atoms. The second-order valence-corrected chi connectivity index (χ2v) is 17.3. The summed E-state index contributed by atoms with van der Waals surface area (Å²) in [7, 11) is 0. The minimum absolute atomic E-state index is 0.232. The molecular formula is C43H46Cl3F5N10O4. The van der Waals surface area contributed by atoms with Crippen LogP contribution in [0.25, 0.3) is 22.3 Å². The molecule has 6 aromatic rings. The molecule has 348 valence electrons. The quantitative estimate of drug-likeness (QED) is 0.132. The summed E-state index contributed by atoms with van der Waals surface area (Å²) in [4.78, 5) is 43.0. The molecule has 0 saturated carbocycles. The minimum Gasteiger partial charge on any atom is -0.481 e. The fraction of sp³-hybridized carbons (Fsp3) is 0.442. The Morgan fingerprint density at radius 3 is 1.83 bits per heavy atom. The highest BCUT2D eigenvalue weighted by Crippen LogP contribution is 2.34. The number of hydrogen-bond donors (Lipinski definition) is 2. The third-order valence-corrected chi connectivity index (χ3v) is 12.3. The van der Waals surface area contributed by atoms with E-state index in [-0.39, 0.29) is 35.3 Å². The predicted octanol–water partition coefficient (Wildman–Crippen LogP) is 9.90. The number of rotatable bonds is 9. The molecule has 22 heteroatoms. The molecule has 2 aliphatic heterocycles. The van der Waals surface area contributed by atoms with E-state index in [9.17, 15) is 26.7 Å². The van der Waals surface area contributed by atoms with Gasteiger partial charge in [0, 0.05) is 52.8 Å². The SMILES string of the molecule is Cc1nn([C@H](C)c2ccc(Cl)cc2F)c2nc(Cl)cnc12.Cc1nn([C@H](C)c2ccc(Cl)cc2F)c2nc(N3CC[C@H](N4CCC[C@H]4CCC(=O)O)[C@H](C)C3)cnc12.O=C(O)C(F)(F)F. The number of aryl methyl sites for hydroxylation is 2. The summed E-state index contributed by atoms with van der Waals surface area (Å²) in [5.74, 6) is -3.02. The maximum absolute atomic E-state index is 14.7. The van der Waals surface area contributed by atoms with Gasteiger partial charge in [-0.25, -0.2) is 42.9 Å². The van der Waals surface area contributed by atoms with Crippen molar-refractivity contribution in [3.8, 4) is 0 Å².